The number of anilines is 3. The molecule has 20 heavy (non-hydrogen) atoms. The maximum absolute atomic E-state index is 12.6. The normalized spacial score (nSPS) is 11.4. The van der Waals surface area contributed by atoms with Crippen molar-refractivity contribution in [2.45, 2.75) is 13.1 Å². The summed E-state index contributed by atoms with van der Waals surface area (Å²) < 4.78 is 38.8. The lowest BCUT2D eigenvalue weighted by molar-refractivity contribution is -0.141. The monoisotopic (exact) mass is 346 g/mol. The number of rotatable bonds is 2. The summed E-state index contributed by atoms with van der Waals surface area (Å²) >= 11 is 3.34. The topological polar surface area (TPSA) is 63.8 Å². The van der Waals surface area contributed by atoms with Crippen LogP contribution in [0.2, 0.25) is 0 Å². The second-order valence-electron chi connectivity index (χ2n) is 4.03. The third kappa shape index (κ3) is 3.19. The van der Waals surface area contributed by atoms with Gasteiger partial charge in [-0.05, 0) is 24.6 Å². The molecule has 0 aliphatic rings. The van der Waals surface area contributed by atoms with Crippen molar-refractivity contribution in [2.24, 2.45) is 0 Å². The Morgan fingerprint density at radius 2 is 1.95 bits per heavy atom. The van der Waals surface area contributed by atoms with Crippen molar-refractivity contribution < 1.29 is 13.2 Å². The third-order valence-corrected chi connectivity index (χ3v) is 3.42. The number of nitrogens with zero attached hydrogens (tertiary/aromatic N) is 2. The summed E-state index contributed by atoms with van der Waals surface area (Å²) in [5, 5.41) is 2.81. The van der Waals surface area contributed by atoms with Crippen molar-refractivity contribution in [1.29, 1.82) is 0 Å². The molecular formula is C12H10BrF3N4. The molecular weight excluding hydrogens is 337 g/mol. The Hall–Kier alpha value is -1.83. The van der Waals surface area contributed by atoms with Gasteiger partial charge in [0, 0.05) is 16.2 Å². The Labute approximate surface area is 121 Å². The average Bonchev–Trinajstić information content (AvgIpc) is 2.33. The predicted molar refractivity (Wildman–Crippen MR) is 73.6 cm³/mol. The van der Waals surface area contributed by atoms with Crippen LogP contribution in [0.25, 0.3) is 0 Å². The molecule has 0 spiro atoms. The molecule has 8 heteroatoms. The fourth-order valence-corrected chi connectivity index (χ4v) is 1.92. The van der Waals surface area contributed by atoms with Gasteiger partial charge in [-0.2, -0.15) is 18.2 Å². The van der Waals surface area contributed by atoms with Crippen LogP contribution in [0.3, 0.4) is 0 Å². The number of nitrogen functional groups attached to an aromatic ring is 1. The molecule has 106 valence electrons. The zero-order valence-electron chi connectivity index (χ0n) is 10.3. The standard InChI is InChI=1S/C12H10BrF3N4/c1-6-7(13)3-2-4-8(6)18-10-5-9(12(14,15)16)19-11(17)20-10/h2-5H,1H3,(H3,17,18,19,20). The Kier molecular flexibility index (Phi) is 3.85. The molecule has 4 nitrogen and oxygen atoms in total. The molecule has 1 aromatic heterocycles. The lowest BCUT2D eigenvalue weighted by Gasteiger charge is -2.12. The highest BCUT2D eigenvalue weighted by Gasteiger charge is 2.33. The van der Waals surface area contributed by atoms with E-state index in [9.17, 15) is 13.2 Å². The number of hydrogen-bond donors (Lipinski definition) is 2. The highest BCUT2D eigenvalue weighted by molar-refractivity contribution is 9.10. The Bertz CT molecular complexity index is 643. The summed E-state index contributed by atoms with van der Waals surface area (Å²) in [5.41, 5.74) is 5.70. The summed E-state index contributed by atoms with van der Waals surface area (Å²) in [6.45, 7) is 1.82. The van der Waals surface area contributed by atoms with Gasteiger partial charge in [0.1, 0.15) is 5.82 Å². The molecule has 3 N–H and O–H groups in total. The molecule has 0 atom stereocenters. The van der Waals surface area contributed by atoms with Gasteiger partial charge in [-0.3, -0.25) is 0 Å². The minimum absolute atomic E-state index is 0.00831. The van der Waals surface area contributed by atoms with Gasteiger partial charge in [-0.15, -0.1) is 0 Å². The molecule has 1 aromatic carbocycles. The molecule has 0 saturated carbocycles. The molecule has 0 amide bonds. The number of aromatic nitrogens is 2. The molecule has 0 saturated heterocycles. The first-order valence-corrected chi connectivity index (χ1v) is 6.30. The SMILES string of the molecule is Cc1c(Br)cccc1Nc1cc(C(F)(F)F)nc(N)n1. The molecule has 1 heterocycles. The van der Waals surface area contributed by atoms with Crippen molar-refractivity contribution in [3.63, 3.8) is 0 Å². The van der Waals surface area contributed by atoms with Crippen LogP contribution in [-0.4, -0.2) is 9.97 Å². The number of nitrogens with two attached hydrogens (primary N) is 1. The van der Waals surface area contributed by atoms with Crippen LogP contribution in [0.1, 0.15) is 11.3 Å². The van der Waals surface area contributed by atoms with E-state index in [1.54, 1.807) is 12.1 Å². The number of nitrogens with one attached hydrogen (secondary N) is 1. The van der Waals surface area contributed by atoms with Gasteiger partial charge < -0.3 is 11.1 Å². The van der Waals surface area contributed by atoms with Gasteiger partial charge >= 0.3 is 6.18 Å². The average molecular weight is 347 g/mol. The smallest absolute Gasteiger partial charge is 0.368 e. The van der Waals surface area contributed by atoms with Crippen molar-refractivity contribution in [3.05, 3.63) is 40.0 Å². The molecule has 0 radical (unpaired) electrons. The van der Waals surface area contributed by atoms with E-state index >= 15 is 0 Å². The maximum atomic E-state index is 12.6. The van der Waals surface area contributed by atoms with Crippen molar-refractivity contribution in [2.75, 3.05) is 11.1 Å². The first-order chi connectivity index (χ1) is 9.27. The maximum Gasteiger partial charge on any atom is 0.433 e. The Morgan fingerprint density at radius 1 is 1.25 bits per heavy atom. The van der Waals surface area contributed by atoms with Gasteiger partial charge in [0.2, 0.25) is 5.95 Å². The number of benzene rings is 1. The summed E-state index contributed by atoms with van der Waals surface area (Å²) in [6, 6.07) is 6.13. The fourth-order valence-electron chi connectivity index (χ4n) is 1.56. The van der Waals surface area contributed by atoms with Gasteiger partial charge in [0.25, 0.3) is 0 Å². The van der Waals surface area contributed by atoms with Crippen molar-refractivity contribution in [3.8, 4) is 0 Å². The summed E-state index contributed by atoms with van der Waals surface area (Å²) in [5.74, 6) is -0.444. The van der Waals surface area contributed by atoms with Gasteiger partial charge in [0.05, 0.1) is 0 Å². The lowest BCUT2D eigenvalue weighted by Crippen LogP contribution is -2.12. The Balaban J connectivity index is 2.39. The van der Waals surface area contributed by atoms with Crippen LogP contribution in [-0.2, 0) is 6.18 Å². The molecule has 0 unspecified atom stereocenters. The first kappa shape index (κ1) is 14.6. The van der Waals surface area contributed by atoms with E-state index in [1.807, 2.05) is 13.0 Å². The van der Waals surface area contributed by atoms with E-state index in [0.29, 0.717) is 5.69 Å². The molecule has 0 bridgehead atoms. The zero-order chi connectivity index (χ0) is 14.9. The summed E-state index contributed by atoms with van der Waals surface area (Å²) in [4.78, 5) is 6.93. The number of halogens is 4. The van der Waals surface area contributed by atoms with Crippen LogP contribution >= 0.6 is 15.9 Å². The van der Waals surface area contributed by atoms with Gasteiger partial charge in [-0.25, -0.2) is 4.98 Å². The van der Waals surface area contributed by atoms with E-state index in [0.717, 1.165) is 16.1 Å². The molecule has 2 aromatic rings. The highest BCUT2D eigenvalue weighted by Crippen LogP contribution is 2.31. The predicted octanol–water partition coefficient (Wildman–Crippen LogP) is 3.89. The van der Waals surface area contributed by atoms with Crippen LogP contribution < -0.4 is 11.1 Å². The van der Waals surface area contributed by atoms with Gasteiger partial charge in [-0.1, -0.05) is 22.0 Å². The number of hydrogen-bond acceptors (Lipinski definition) is 4. The van der Waals surface area contributed by atoms with E-state index in [2.05, 4.69) is 31.2 Å². The fraction of sp³-hybridized carbons (Fsp3) is 0.167. The van der Waals surface area contributed by atoms with Crippen LogP contribution in [0, 0.1) is 6.92 Å². The van der Waals surface area contributed by atoms with E-state index < -0.39 is 17.8 Å². The highest BCUT2D eigenvalue weighted by atomic mass is 79.9. The van der Waals surface area contributed by atoms with Crippen LogP contribution in [0.15, 0.2) is 28.7 Å². The van der Waals surface area contributed by atoms with Gasteiger partial charge in [0.15, 0.2) is 5.69 Å². The minimum Gasteiger partial charge on any atom is -0.368 e. The molecule has 0 aliphatic carbocycles. The molecule has 2 rings (SSSR count). The van der Waals surface area contributed by atoms with Crippen molar-refractivity contribution in [1.82, 2.24) is 9.97 Å². The largest absolute Gasteiger partial charge is 0.433 e. The first-order valence-electron chi connectivity index (χ1n) is 5.51. The summed E-state index contributed by atoms with van der Waals surface area (Å²) in [6.07, 6.45) is -4.57. The summed E-state index contributed by atoms with van der Waals surface area (Å²) in [7, 11) is 0. The lowest BCUT2D eigenvalue weighted by atomic mass is 10.2. The molecule has 0 aliphatic heterocycles. The van der Waals surface area contributed by atoms with Crippen molar-refractivity contribution >= 4 is 33.4 Å². The quantitative estimate of drug-likeness (QED) is 0.865. The molecule has 0 fully saturated rings. The number of alkyl halides is 3. The minimum atomic E-state index is -4.57. The van der Waals surface area contributed by atoms with Crippen LogP contribution in [0.4, 0.5) is 30.6 Å². The van der Waals surface area contributed by atoms with Crippen LogP contribution in [0.5, 0.6) is 0 Å². The second kappa shape index (κ2) is 5.28. The third-order valence-electron chi connectivity index (χ3n) is 2.56. The zero-order valence-corrected chi connectivity index (χ0v) is 11.9. The van der Waals surface area contributed by atoms with E-state index in [4.69, 9.17) is 5.73 Å². The van der Waals surface area contributed by atoms with E-state index in [1.165, 1.54) is 0 Å². The second-order valence-corrected chi connectivity index (χ2v) is 4.89. The van der Waals surface area contributed by atoms with E-state index in [-0.39, 0.29) is 5.82 Å². The Morgan fingerprint density at radius 3 is 2.60 bits per heavy atom.